The number of rotatable bonds is 3. The average Bonchev–Trinajstić information content (AvgIpc) is 2.34. The summed E-state index contributed by atoms with van der Waals surface area (Å²) in [6.07, 6.45) is 0.544. The molecule has 0 N–H and O–H groups in total. The van der Waals surface area contributed by atoms with E-state index in [-0.39, 0.29) is 17.1 Å². The molecule has 0 radical (unpaired) electrons. The van der Waals surface area contributed by atoms with Crippen LogP contribution in [0.5, 0.6) is 11.5 Å². The topological polar surface area (TPSA) is 26.3 Å². The number of hydrogen-bond acceptors (Lipinski definition) is 2. The largest absolute Gasteiger partial charge is 0.454 e. The van der Waals surface area contributed by atoms with E-state index < -0.39 is 11.6 Å². The summed E-state index contributed by atoms with van der Waals surface area (Å²) in [6.45, 7) is 0. The van der Waals surface area contributed by atoms with E-state index in [4.69, 9.17) is 16.3 Å². The van der Waals surface area contributed by atoms with Gasteiger partial charge in [-0.25, -0.2) is 8.78 Å². The highest BCUT2D eigenvalue weighted by Crippen LogP contribution is 2.28. The maximum atomic E-state index is 13.4. The first-order valence-corrected chi connectivity index (χ1v) is 5.35. The van der Waals surface area contributed by atoms with Crippen LogP contribution in [0.15, 0.2) is 36.4 Å². The van der Waals surface area contributed by atoms with E-state index in [0.29, 0.717) is 17.4 Å². The molecule has 0 unspecified atom stereocenters. The van der Waals surface area contributed by atoms with E-state index in [1.165, 1.54) is 18.2 Å². The van der Waals surface area contributed by atoms with Crippen LogP contribution in [-0.4, -0.2) is 6.29 Å². The second kappa shape index (κ2) is 5.14. The first kappa shape index (κ1) is 12.5. The molecule has 2 aromatic carbocycles. The highest BCUT2D eigenvalue weighted by Gasteiger charge is 2.09. The Bertz CT molecular complexity index is 600. The van der Waals surface area contributed by atoms with E-state index >= 15 is 0 Å². The number of halogens is 3. The van der Waals surface area contributed by atoms with Crippen LogP contribution in [0.2, 0.25) is 5.02 Å². The van der Waals surface area contributed by atoms with E-state index in [1.54, 1.807) is 0 Å². The van der Waals surface area contributed by atoms with E-state index in [0.717, 1.165) is 12.1 Å². The van der Waals surface area contributed by atoms with Crippen LogP contribution in [0.4, 0.5) is 8.78 Å². The van der Waals surface area contributed by atoms with Gasteiger partial charge in [-0.3, -0.25) is 4.79 Å². The van der Waals surface area contributed by atoms with Gasteiger partial charge in [0.15, 0.2) is 17.9 Å². The Kier molecular flexibility index (Phi) is 3.58. The number of hydrogen-bond donors (Lipinski definition) is 0. The van der Waals surface area contributed by atoms with Crippen molar-refractivity contribution in [3.63, 3.8) is 0 Å². The fourth-order valence-electron chi connectivity index (χ4n) is 1.38. The van der Waals surface area contributed by atoms with Gasteiger partial charge in [-0.1, -0.05) is 11.6 Å². The Morgan fingerprint density at radius 2 is 1.78 bits per heavy atom. The zero-order chi connectivity index (χ0) is 13.1. The summed E-state index contributed by atoms with van der Waals surface area (Å²) in [5, 5.41) is 0.365. The lowest BCUT2D eigenvalue weighted by Crippen LogP contribution is -1.93. The highest BCUT2D eigenvalue weighted by atomic mass is 35.5. The summed E-state index contributed by atoms with van der Waals surface area (Å²) >= 11 is 5.71. The zero-order valence-corrected chi connectivity index (χ0v) is 9.75. The zero-order valence-electron chi connectivity index (χ0n) is 8.99. The second-order valence-corrected chi connectivity index (χ2v) is 3.91. The molecule has 0 saturated carbocycles. The van der Waals surface area contributed by atoms with Crippen LogP contribution in [0.25, 0.3) is 0 Å². The Hall–Kier alpha value is -1.94. The van der Waals surface area contributed by atoms with Gasteiger partial charge in [-0.05, 0) is 30.3 Å². The van der Waals surface area contributed by atoms with Crippen molar-refractivity contribution >= 4 is 17.9 Å². The molecular weight excluding hydrogens is 262 g/mol. The molecule has 0 atom stereocenters. The van der Waals surface area contributed by atoms with Gasteiger partial charge in [0.25, 0.3) is 0 Å². The quantitative estimate of drug-likeness (QED) is 0.779. The van der Waals surface area contributed by atoms with Crippen LogP contribution in [0.3, 0.4) is 0 Å². The number of benzene rings is 2. The first-order chi connectivity index (χ1) is 8.60. The molecule has 0 aliphatic heterocycles. The predicted molar refractivity (Wildman–Crippen MR) is 63.3 cm³/mol. The van der Waals surface area contributed by atoms with Crippen molar-refractivity contribution in [2.75, 3.05) is 0 Å². The number of ether oxygens (including phenoxy) is 1. The highest BCUT2D eigenvalue weighted by molar-refractivity contribution is 6.30. The van der Waals surface area contributed by atoms with E-state index in [2.05, 4.69) is 0 Å². The smallest absolute Gasteiger partial charge is 0.168 e. The van der Waals surface area contributed by atoms with E-state index in [1.807, 2.05) is 0 Å². The fourth-order valence-corrected chi connectivity index (χ4v) is 1.56. The van der Waals surface area contributed by atoms with Crippen molar-refractivity contribution in [2.45, 2.75) is 0 Å². The van der Waals surface area contributed by atoms with Gasteiger partial charge in [0.2, 0.25) is 0 Å². The van der Waals surface area contributed by atoms with Crippen molar-refractivity contribution in [3.8, 4) is 11.5 Å². The van der Waals surface area contributed by atoms with Gasteiger partial charge in [0.1, 0.15) is 11.6 Å². The summed E-state index contributed by atoms with van der Waals surface area (Å²) in [6, 6.07) is 7.25. The molecular formula is C13H7ClF2O2. The second-order valence-electron chi connectivity index (χ2n) is 3.48. The normalized spacial score (nSPS) is 10.2. The third kappa shape index (κ3) is 2.65. The van der Waals surface area contributed by atoms with Crippen LogP contribution < -0.4 is 4.74 Å². The molecule has 2 rings (SSSR count). The molecule has 0 heterocycles. The third-order valence-electron chi connectivity index (χ3n) is 2.21. The summed E-state index contributed by atoms with van der Waals surface area (Å²) < 4.78 is 31.3. The molecule has 0 aromatic heterocycles. The molecule has 0 bridgehead atoms. The Balaban J connectivity index is 2.36. The summed E-state index contributed by atoms with van der Waals surface area (Å²) in [4.78, 5) is 10.8. The van der Waals surface area contributed by atoms with Crippen molar-refractivity contribution < 1.29 is 18.3 Å². The number of aldehydes is 1. The predicted octanol–water partition coefficient (Wildman–Crippen LogP) is 4.22. The van der Waals surface area contributed by atoms with Gasteiger partial charge in [0, 0.05) is 11.1 Å². The van der Waals surface area contributed by atoms with Crippen LogP contribution in [0, 0.1) is 11.6 Å². The Labute approximate surface area is 107 Å². The lowest BCUT2D eigenvalue weighted by Gasteiger charge is -2.08. The maximum Gasteiger partial charge on any atom is 0.168 e. The molecule has 0 spiro atoms. The van der Waals surface area contributed by atoms with Crippen molar-refractivity contribution in [1.82, 2.24) is 0 Å². The average molecular weight is 269 g/mol. The molecule has 0 saturated heterocycles. The fraction of sp³-hybridized carbons (Fsp3) is 0. The lowest BCUT2D eigenvalue weighted by molar-refractivity contribution is 0.112. The molecule has 92 valence electrons. The molecule has 0 aliphatic rings. The molecule has 18 heavy (non-hydrogen) atoms. The maximum absolute atomic E-state index is 13.4. The summed E-state index contributed by atoms with van der Waals surface area (Å²) in [5.74, 6) is -1.56. The third-order valence-corrected chi connectivity index (χ3v) is 2.45. The van der Waals surface area contributed by atoms with E-state index in [9.17, 15) is 13.6 Å². The summed E-state index contributed by atoms with van der Waals surface area (Å²) in [5.41, 5.74) is 0.186. The van der Waals surface area contributed by atoms with Gasteiger partial charge in [-0.2, -0.15) is 0 Å². The van der Waals surface area contributed by atoms with Crippen molar-refractivity contribution in [1.29, 1.82) is 0 Å². The molecule has 2 aromatic rings. The molecule has 0 amide bonds. The van der Waals surface area contributed by atoms with Gasteiger partial charge in [0.05, 0.1) is 5.56 Å². The van der Waals surface area contributed by atoms with Gasteiger partial charge in [-0.15, -0.1) is 0 Å². The minimum absolute atomic E-state index is 0.153. The molecule has 0 fully saturated rings. The summed E-state index contributed by atoms with van der Waals surface area (Å²) in [7, 11) is 0. The molecule has 5 heteroatoms. The van der Waals surface area contributed by atoms with Gasteiger partial charge < -0.3 is 4.74 Å². The van der Waals surface area contributed by atoms with Crippen molar-refractivity contribution in [3.05, 3.63) is 58.6 Å². The SMILES string of the molecule is O=Cc1cc(Cl)ccc1Oc1ccc(F)cc1F. The lowest BCUT2D eigenvalue weighted by atomic mass is 10.2. The first-order valence-electron chi connectivity index (χ1n) is 4.98. The van der Waals surface area contributed by atoms with Crippen LogP contribution >= 0.6 is 11.6 Å². The molecule has 0 aliphatic carbocycles. The minimum atomic E-state index is -0.846. The van der Waals surface area contributed by atoms with Crippen LogP contribution in [0.1, 0.15) is 10.4 Å². The van der Waals surface area contributed by atoms with Crippen LogP contribution in [-0.2, 0) is 0 Å². The monoisotopic (exact) mass is 268 g/mol. The minimum Gasteiger partial charge on any atom is -0.454 e. The Morgan fingerprint density at radius 1 is 1.06 bits per heavy atom. The number of carbonyl (C=O) groups is 1. The van der Waals surface area contributed by atoms with Crippen molar-refractivity contribution in [2.24, 2.45) is 0 Å². The van der Waals surface area contributed by atoms with Gasteiger partial charge >= 0.3 is 0 Å². The number of carbonyl (C=O) groups excluding carboxylic acids is 1. The standard InChI is InChI=1S/C13H7ClF2O2/c14-9-1-3-12(8(5-9)7-17)18-13-4-2-10(15)6-11(13)16/h1-7H. The molecule has 2 nitrogen and oxygen atoms in total. The Morgan fingerprint density at radius 3 is 2.44 bits per heavy atom.